The molecule has 1 aromatic heterocycles. The van der Waals surface area contributed by atoms with Gasteiger partial charge in [-0.1, -0.05) is 42.5 Å². The number of furan rings is 1. The van der Waals surface area contributed by atoms with Crippen LogP contribution in [0.5, 0.6) is 0 Å². The number of hydrogen-bond acceptors (Lipinski definition) is 2. The molecule has 0 saturated heterocycles. The Hall–Kier alpha value is -1.33. The first-order valence-corrected chi connectivity index (χ1v) is 7.32. The van der Waals surface area contributed by atoms with Crippen LogP contribution < -0.4 is 5.32 Å². The molecule has 1 N–H and O–H groups in total. The standard InChI is InChI=1S/C16H14INO/c17-16-9-8-14(19-16)11-18-10-13-6-3-5-12-4-1-2-7-15(12)13/h1-9,18H,10-11H2. The van der Waals surface area contributed by atoms with Gasteiger partial charge in [0.15, 0.2) is 3.77 Å². The highest BCUT2D eigenvalue weighted by Crippen LogP contribution is 2.18. The SMILES string of the molecule is Ic1ccc(CNCc2cccc3ccccc23)o1. The largest absolute Gasteiger partial charge is 0.454 e. The minimum atomic E-state index is 0.756. The molecular weight excluding hydrogens is 349 g/mol. The summed E-state index contributed by atoms with van der Waals surface area (Å²) in [6.45, 7) is 1.60. The molecule has 1 heterocycles. The lowest BCUT2D eigenvalue weighted by molar-refractivity contribution is 0.463. The molecule has 0 amide bonds. The molecule has 2 nitrogen and oxygen atoms in total. The maximum atomic E-state index is 5.53. The van der Waals surface area contributed by atoms with Gasteiger partial charge in [-0.25, -0.2) is 0 Å². The third-order valence-corrected chi connectivity index (χ3v) is 3.70. The Bertz CT molecular complexity index is 685. The Morgan fingerprint density at radius 3 is 2.58 bits per heavy atom. The second kappa shape index (κ2) is 5.75. The van der Waals surface area contributed by atoms with Gasteiger partial charge in [0.2, 0.25) is 0 Å². The van der Waals surface area contributed by atoms with Crippen LogP contribution in [0.4, 0.5) is 0 Å². The lowest BCUT2D eigenvalue weighted by Crippen LogP contribution is -2.12. The predicted molar refractivity (Wildman–Crippen MR) is 85.9 cm³/mol. The molecule has 2 aromatic carbocycles. The van der Waals surface area contributed by atoms with E-state index in [1.54, 1.807) is 0 Å². The summed E-state index contributed by atoms with van der Waals surface area (Å²) in [5.74, 6) is 0.977. The van der Waals surface area contributed by atoms with Gasteiger partial charge in [-0.2, -0.15) is 0 Å². The summed E-state index contributed by atoms with van der Waals surface area (Å²) in [6.07, 6.45) is 0. The van der Waals surface area contributed by atoms with Crippen LogP contribution in [0.3, 0.4) is 0 Å². The topological polar surface area (TPSA) is 25.2 Å². The highest BCUT2D eigenvalue weighted by atomic mass is 127. The van der Waals surface area contributed by atoms with Crippen molar-refractivity contribution in [1.82, 2.24) is 5.32 Å². The van der Waals surface area contributed by atoms with Crippen molar-refractivity contribution in [3.63, 3.8) is 0 Å². The van der Waals surface area contributed by atoms with Crippen molar-refractivity contribution in [3.8, 4) is 0 Å². The normalized spacial score (nSPS) is 11.0. The van der Waals surface area contributed by atoms with E-state index in [1.807, 2.05) is 12.1 Å². The van der Waals surface area contributed by atoms with E-state index in [0.29, 0.717) is 0 Å². The fourth-order valence-electron chi connectivity index (χ4n) is 2.21. The molecule has 0 bridgehead atoms. The van der Waals surface area contributed by atoms with Gasteiger partial charge >= 0.3 is 0 Å². The van der Waals surface area contributed by atoms with E-state index in [1.165, 1.54) is 16.3 Å². The van der Waals surface area contributed by atoms with Gasteiger partial charge < -0.3 is 9.73 Å². The number of benzene rings is 2. The third kappa shape index (κ3) is 2.98. The first-order valence-electron chi connectivity index (χ1n) is 6.24. The molecule has 0 saturated carbocycles. The second-order valence-electron chi connectivity index (χ2n) is 4.45. The molecule has 0 aliphatic carbocycles. The van der Waals surface area contributed by atoms with Gasteiger partial charge in [-0.15, -0.1) is 0 Å². The summed E-state index contributed by atoms with van der Waals surface area (Å²) in [4.78, 5) is 0. The quantitative estimate of drug-likeness (QED) is 0.699. The summed E-state index contributed by atoms with van der Waals surface area (Å²) in [5.41, 5.74) is 1.32. The van der Waals surface area contributed by atoms with Crippen molar-refractivity contribution in [2.75, 3.05) is 0 Å². The number of nitrogens with one attached hydrogen (secondary N) is 1. The fourth-order valence-corrected chi connectivity index (χ4v) is 2.68. The minimum Gasteiger partial charge on any atom is -0.454 e. The zero-order valence-corrected chi connectivity index (χ0v) is 12.6. The van der Waals surface area contributed by atoms with Crippen LogP contribution in [0.15, 0.2) is 59.0 Å². The summed E-state index contributed by atoms with van der Waals surface area (Å²) in [6, 6.07) is 18.9. The minimum absolute atomic E-state index is 0.756. The first-order chi connectivity index (χ1) is 9.33. The Balaban J connectivity index is 1.71. The summed E-state index contributed by atoms with van der Waals surface area (Å²) >= 11 is 2.18. The molecule has 0 spiro atoms. The van der Waals surface area contributed by atoms with Crippen molar-refractivity contribution < 1.29 is 4.42 Å². The summed E-state index contributed by atoms with van der Waals surface area (Å²) in [7, 11) is 0. The number of fused-ring (bicyclic) bond motifs is 1. The summed E-state index contributed by atoms with van der Waals surface area (Å²) in [5, 5.41) is 6.02. The molecule has 0 aliphatic rings. The molecular formula is C16H14INO. The molecule has 3 heteroatoms. The average molecular weight is 363 g/mol. The Morgan fingerprint density at radius 2 is 1.74 bits per heavy atom. The molecule has 0 radical (unpaired) electrons. The molecule has 3 aromatic rings. The Morgan fingerprint density at radius 1 is 0.895 bits per heavy atom. The van der Waals surface area contributed by atoms with E-state index in [0.717, 1.165) is 22.6 Å². The molecule has 96 valence electrons. The lowest BCUT2D eigenvalue weighted by Gasteiger charge is -2.07. The van der Waals surface area contributed by atoms with Gasteiger partial charge in [0, 0.05) is 6.54 Å². The van der Waals surface area contributed by atoms with Crippen molar-refractivity contribution in [1.29, 1.82) is 0 Å². The van der Waals surface area contributed by atoms with Crippen molar-refractivity contribution in [2.45, 2.75) is 13.1 Å². The molecule has 0 atom stereocenters. The van der Waals surface area contributed by atoms with Gasteiger partial charge in [-0.3, -0.25) is 0 Å². The van der Waals surface area contributed by atoms with Crippen LogP contribution in [0.2, 0.25) is 0 Å². The van der Waals surface area contributed by atoms with Crippen LogP contribution in [-0.2, 0) is 13.1 Å². The van der Waals surface area contributed by atoms with Gasteiger partial charge in [-0.05, 0) is 51.1 Å². The molecule has 0 unspecified atom stereocenters. The maximum absolute atomic E-state index is 5.53. The Kier molecular flexibility index (Phi) is 3.84. The molecule has 19 heavy (non-hydrogen) atoms. The van der Waals surface area contributed by atoms with E-state index < -0.39 is 0 Å². The smallest absolute Gasteiger partial charge is 0.164 e. The number of rotatable bonds is 4. The van der Waals surface area contributed by atoms with E-state index >= 15 is 0 Å². The highest BCUT2D eigenvalue weighted by molar-refractivity contribution is 14.1. The maximum Gasteiger partial charge on any atom is 0.164 e. The first kappa shape index (κ1) is 12.7. The van der Waals surface area contributed by atoms with Crippen LogP contribution in [0.1, 0.15) is 11.3 Å². The monoisotopic (exact) mass is 363 g/mol. The van der Waals surface area contributed by atoms with Crippen LogP contribution in [0, 0.1) is 3.77 Å². The van der Waals surface area contributed by atoms with E-state index in [2.05, 4.69) is 70.4 Å². The lowest BCUT2D eigenvalue weighted by atomic mass is 10.0. The number of halogens is 1. The average Bonchev–Trinajstić information content (AvgIpc) is 2.85. The molecule has 0 aliphatic heterocycles. The van der Waals surface area contributed by atoms with Gasteiger partial charge in [0.25, 0.3) is 0 Å². The van der Waals surface area contributed by atoms with Crippen LogP contribution >= 0.6 is 22.6 Å². The predicted octanol–water partition coefficient (Wildman–Crippen LogP) is 4.33. The third-order valence-electron chi connectivity index (χ3n) is 3.12. The fraction of sp³-hybridized carbons (Fsp3) is 0.125. The molecule has 0 fully saturated rings. The summed E-state index contributed by atoms with van der Waals surface area (Å²) < 4.78 is 6.46. The number of hydrogen-bond donors (Lipinski definition) is 1. The van der Waals surface area contributed by atoms with E-state index in [-0.39, 0.29) is 0 Å². The van der Waals surface area contributed by atoms with Gasteiger partial charge in [0.05, 0.1) is 6.54 Å². The Labute approximate surface area is 126 Å². The second-order valence-corrected chi connectivity index (χ2v) is 5.51. The van der Waals surface area contributed by atoms with E-state index in [4.69, 9.17) is 4.42 Å². The van der Waals surface area contributed by atoms with Crippen molar-refractivity contribution in [2.24, 2.45) is 0 Å². The van der Waals surface area contributed by atoms with Gasteiger partial charge in [0.1, 0.15) is 5.76 Å². The van der Waals surface area contributed by atoms with Crippen LogP contribution in [0.25, 0.3) is 10.8 Å². The van der Waals surface area contributed by atoms with Crippen LogP contribution in [-0.4, -0.2) is 0 Å². The zero-order chi connectivity index (χ0) is 13.1. The van der Waals surface area contributed by atoms with Crippen molar-refractivity contribution >= 4 is 33.4 Å². The highest BCUT2D eigenvalue weighted by Gasteiger charge is 2.02. The molecule has 3 rings (SSSR count). The van der Waals surface area contributed by atoms with Crippen molar-refractivity contribution in [3.05, 3.63) is 69.7 Å². The van der Waals surface area contributed by atoms with E-state index in [9.17, 15) is 0 Å². The zero-order valence-electron chi connectivity index (χ0n) is 10.4.